The van der Waals surface area contributed by atoms with E-state index in [2.05, 4.69) is 18.5 Å². The second kappa shape index (κ2) is 10.3. The molecule has 1 N–H and O–H groups in total. The first-order valence-electron chi connectivity index (χ1n) is 11.2. The number of rotatable bonds is 7. The van der Waals surface area contributed by atoms with Gasteiger partial charge in [0.05, 0.1) is 27.8 Å². The highest BCUT2D eigenvalue weighted by atomic mass is 35.5. The number of hydrogen-bond acceptors (Lipinski definition) is 7. The molecule has 4 rings (SSSR count). The van der Waals surface area contributed by atoms with Crippen LogP contribution in [-0.4, -0.2) is 25.2 Å². The van der Waals surface area contributed by atoms with Crippen molar-refractivity contribution in [3.63, 3.8) is 0 Å². The third-order valence-electron chi connectivity index (χ3n) is 5.88. The predicted molar refractivity (Wildman–Crippen MR) is 139 cm³/mol. The molecule has 2 heterocycles. The summed E-state index contributed by atoms with van der Waals surface area (Å²) >= 11 is 6.72. The largest absolute Gasteiger partial charge is 0.458 e. The molecule has 0 aliphatic carbocycles. The van der Waals surface area contributed by atoms with Crippen LogP contribution in [0.25, 0.3) is 21.9 Å². The van der Waals surface area contributed by atoms with Gasteiger partial charge in [-0.2, -0.15) is 0 Å². The molecular weight excluding hydrogens is 482 g/mol. The molecule has 1 aliphatic heterocycles. The van der Waals surface area contributed by atoms with E-state index < -0.39 is 17.9 Å². The topological polar surface area (TPSA) is 94.8 Å². The Bertz CT molecular complexity index is 1500. The predicted octanol–water partition coefficient (Wildman–Crippen LogP) is 5.29. The molecule has 3 aromatic rings. The van der Waals surface area contributed by atoms with Crippen molar-refractivity contribution in [3.05, 3.63) is 105 Å². The van der Waals surface area contributed by atoms with Crippen LogP contribution in [0.4, 0.5) is 0 Å². The first-order valence-corrected chi connectivity index (χ1v) is 11.6. The van der Waals surface area contributed by atoms with Crippen LogP contribution in [0.3, 0.4) is 0 Å². The maximum Gasteiger partial charge on any atom is 0.337 e. The second-order valence-corrected chi connectivity index (χ2v) is 8.58. The maximum atomic E-state index is 13.3. The standard InChI is InChI=1S/C28H24ClNO6/c1-5-13-34-27(32)21-15(3)30-16(4)22(28(33)35-14-6-2)24(21)23-19(29)12-11-18-25(31)17-9-7-8-10-20(17)36-26(18)23/h5-12,24,30H,1-2,13-14H2,3-4H3. The van der Waals surface area contributed by atoms with Crippen molar-refractivity contribution in [2.45, 2.75) is 19.8 Å². The van der Waals surface area contributed by atoms with Gasteiger partial charge in [0.1, 0.15) is 24.4 Å². The van der Waals surface area contributed by atoms with Crippen LogP contribution < -0.4 is 10.7 Å². The minimum atomic E-state index is -1.04. The highest BCUT2D eigenvalue weighted by Gasteiger charge is 2.40. The van der Waals surface area contributed by atoms with E-state index in [0.717, 1.165) is 0 Å². The molecule has 36 heavy (non-hydrogen) atoms. The molecule has 0 unspecified atom stereocenters. The molecule has 1 aliphatic rings. The number of nitrogens with one attached hydrogen (secondary N) is 1. The van der Waals surface area contributed by atoms with Crippen LogP contribution in [-0.2, 0) is 19.1 Å². The number of para-hydroxylation sites is 1. The molecule has 0 radical (unpaired) electrons. The molecule has 0 atom stereocenters. The summed E-state index contributed by atoms with van der Waals surface area (Å²) in [5.74, 6) is -2.40. The lowest BCUT2D eigenvalue weighted by atomic mass is 9.79. The van der Waals surface area contributed by atoms with E-state index in [4.69, 9.17) is 25.5 Å². The summed E-state index contributed by atoms with van der Waals surface area (Å²) in [4.78, 5) is 39.9. The summed E-state index contributed by atoms with van der Waals surface area (Å²) < 4.78 is 16.9. The van der Waals surface area contributed by atoms with E-state index in [1.807, 2.05) is 0 Å². The summed E-state index contributed by atoms with van der Waals surface area (Å²) in [6, 6.07) is 9.95. The summed E-state index contributed by atoms with van der Waals surface area (Å²) in [7, 11) is 0. The smallest absolute Gasteiger partial charge is 0.337 e. The Morgan fingerprint density at radius 2 is 1.56 bits per heavy atom. The molecule has 0 bridgehead atoms. The van der Waals surface area contributed by atoms with Gasteiger partial charge in [-0.1, -0.05) is 49.0 Å². The van der Waals surface area contributed by atoms with E-state index >= 15 is 0 Å². The number of allylic oxidation sites excluding steroid dienone is 2. The number of dihydropyridines is 1. The highest BCUT2D eigenvalue weighted by Crippen LogP contribution is 2.45. The molecule has 0 fully saturated rings. The van der Waals surface area contributed by atoms with Gasteiger partial charge in [-0.15, -0.1) is 0 Å². The van der Waals surface area contributed by atoms with Gasteiger partial charge in [0, 0.05) is 22.0 Å². The van der Waals surface area contributed by atoms with Crippen LogP contribution in [0.15, 0.2) is 93.5 Å². The number of hydrogen-bond donors (Lipinski definition) is 1. The van der Waals surface area contributed by atoms with Gasteiger partial charge in [-0.05, 0) is 38.1 Å². The van der Waals surface area contributed by atoms with Crippen molar-refractivity contribution in [1.29, 1.82) is 0 Å². The zero-order valence-corrected chi connectivity index (χ0v) is 20.6. The summed E-state index contributed by atoms with van der Waals surface area (Å²) in [6.45, 7) is 10.5. The van der Waals surface area contributed by atoms with Crippen molar-refractivity contribution >= 4 is 45.5 Å². The third kappa shape index (κ3) is 4.33. The zero-order chi connectivity index (χ0) is 26.0. The molecule has 2 aromatic carbocycles. The molecule has 8 heteroatoms. The van der Waals surface area contributed by atoms with Crippen LogP contribution in [0, 0.1) is 0 Å². The minimum Gasteiger partial charge on any atom is -0.458 e. The van der Waals surface area contributed by atoms with Crippen LogP contribution >= 0.6 is 11.6 Å². The Morgan fingerprint density at radius 1 is 0.972 bits per heavy atom. The lowest BCUT2D eigenvalue weighted by Crippen LogP contribution is -2.33. The molecule has 1 aromatic heterocycles. The molecule has 0 spiro atoms. The van der Waals surface area contributed by atoms with Crippen molar-refractivity contribution in [2.75, 3.05) is 13.2 Å². The molecular formula is C28H24ClNO6. The van der Waals surface area contributed by atoms with Gasteiger partial charge in [0.15, 0.2) is 0 Å². The summed E-state index contributed by atoms with van der Waals surface area (Å²) in [6.07, 6.45) is 2.88. The average Bonchev–Trinajstić information content (AvgIpc) is 2.85. The number of ether oxygens (including phenoxy) is 2. The van der Waals surface area contributed by atoms with Crippen LogP contribution in [0.1, 0.15) is 25.3 Å². The summed E-state index contributed by atoms with van der Waals surface area (Å²) in [5.41, 5.74) is 1.74. The Kier molecular flexibility index (Phi) is 7.12. The maximum absolute atomic E-state index is 13.3. The lowest BCUT2D eigenvalue weighted by Gasteiger charge is -2.31. The zero-order valence-electron chi connectivity index (χ0n) is 19.9. The van der Waals surface area contributed by atoms with E-state index in [-0.39, 0.29) is 51.3 Å². The van der Waals surface area contributed by atoms with E-state index in [9.17, 15) is 14.4 Å². The minimum absolute atomic E-state index is 0.0374. The third-order valence-corrected chi connectivity index (χ3v) is 6.21. The van der Waals surface area contributed by atoms with Gasteiger partial charge in [-0.25, -0.2) is 9.59 Å². The van der Waals surface area contributed by atoms with Gasteiger partial charge >= 0.3 is 11.9 Å². The van der Waals surface area contributed by atoms with Crippen molar-refractivity contribution in [1.82, 2.24) is 5.32 Å². The average molecular weight is 506 g/mol. The fourth-order valence-corrected chi connectivity index (χ4v) is 4.64. The number of carbonyl (C=O) groups excluding carboxylic acids is 2. The fourth-order valence-electron chi connectivity index (χ4n) is 4.38. The normalized spacial score (nSPS) is 14.1. The van der Waals surface area contributed by atoms with E-state index in [1.54, 1.807) is 50.2 Å². The molecule has 7 nitrogen and oxygen atoms in total. The number of carbonyl (C=O) groups is 2. The van der Waals surface area contributed by atoms with E-state index in [1.165, 1.54) is 12.2 Å². The first-order chi connectivity index (χ1) is 17.3. The number of fused-ring (bicyclic) bond motifs is 2. The number of esters is 2. The first kappa shape index (κ1) is 25.0. The SMILES string of the molecule is C=CCOC(=O)C1=C(C)NC(C)=C(C(=O)OCC=C)C1c1c(Cl)ccc2c(=O)c3ccccc3oc12. The van der Waals surface area contributed by atoms with E-state index in [0.29, 0.717) is 22.4 Å². The fraction of sp³-hybridized carbons (Fsp3) is 0.179. The monoisotopic (exact) mass is 505 g/mol. The molecule has 184 valence electrons. The Morgan fingerprint density at radius 3 is 2.14 bits per heavy atom. The number of benzene rings is 2. The van der Waals surface area contributed by atoms with Crippen LogP contribution in [0.2, 0.25) is 5.02 Å². The van der Waals surface area contributed by atoms with Crippen molar-refractivity contribution < 1.29 is 23.5 Å². The number of halogens is 1. The Balaban J connectivity index is 2.07. The lowest BCUT2D eigenvalue weighted by molar-refractivity contribution is -0.138. The molecule has 0 amide bonds. The van der Waals surface area contributed by atoms with Crippen molar-refractivity contribution in [2.24, 2.45) is 0 Å². The Hall–Kier alpha value is -4.10. The second-order valence-electron chi connectivity index (χ2n) is 8.17. The van der Waals surface area contributed by atoms with Gasteiger partial charge in [0.25, 0.3) is 0 Å². The Labute approximate surface area is 212 Å². The summed E-state index contributed by atoms with van der Waals surface area (Å²) in [5, 5.41) is 3.94. The quantitative estimate of drug-likeness (QED) is 0.265. The molecule has 0 saturated heterocycles. The molecule has 0 saturated carbocycles. The van der Waals surface area contributed by atoms with Gasteiger partial charge in [0.2, 0.25) is 5.43 Å². The van der Waals surface area contributed by atoms with Crippen molar-refractivity contribution in [3.8, 4) is 0 Å². The van der Waals surface area contributed by atoms with Gasteiger partial charge in [-0.3, -0.25) is 4.79 Å². The van der Waals surface area contributed by atoms with Crippen LogP contribution in [0.5, 0.6) is 0 Å². The highest BCUT2D eigenvalue weighted by molar-refractivity contribution is 6.32. The van der Waals surface area contributed by atoms with Gasteiger partial charge < -0.3 is 19.2 Å².